The van der Waals surface area contributed by atoms with E-state index < -0.39 is 9.43 Å². The summed E-state index contributed by atoms with van der Waals surface area (Å²) in [7, 11) is 4.88. The molecule has 0 radical (unpaired) electrons. The molecule has 1 N–H and O–H groups in total. The van der Waals surface area contributed by atoms with E-state index in [0.29, 0.717) is 0 Å². The molecule has 0 atom stereocenters. The first-order valence-corrected chi connectivity index (χ1v) is 6.61. The summed E-state index contributed by atoms with van der Waals surface area (Å²) in [6.07, 6.45) is 4.00. The van der Waals surface area contributed by atoms with Crippen LogP contribution in [-0.4, -0.2) is 12.5 Å². The molecule has 0 bridgehead atoms. The van der Waals surface area contributed by atoms with E-state index in [1.54, 1.807) is 0 Å². The molecule has 0 aromatic heterocycles. The second kappa shape index (κ2) is 3.37. The number of halogens is 1. The summed E-state index contributed by atoms with van der Waals surface area (Å²) in [6.45, 7) is 0. The predicted octanol–water partition coefficient (Wildman–Crippen LogP) is 3.23. The number of rotatable bonds is 2. The van der Waals surface area contributed by atoms with Gasteiger partial charge in [-0.2, -0.15) is 0 Å². The van der Waals surface area contributed by atoms with Gasteiger partial charge in [0.05, 0.1) is 0 Å². The van der Waals surface area contributed by atoms with E-state index in [1.807, 2.05) is 42.8 Å². The molecule has 0 aliphatic carbocycles. The molecule has 0 amide bonds. The second-order valence-electron chi connectivity index (χ2n) is 2.67. The van der Waals surface area contributed by atoms with Crippen molar-refractivity contribution in [1.29, 1.82) is 0 Å². The number of benzene rings is 1. The molecule has 11 heavy (non-hydrogen) atoms. The third-order valence-electron chi connectivity index (χ3n) is 1.13. The first-order chi connectivity index (χ1) is 5.08. The molecule has 0 aliphatic heterocycles. The van der Waals surface area contributed by atoms with Gasteiger partial charge in [-0.3, -0.25) is 0 Å². The van der Waals surface area contributed by atoms with Crippen LogP contribution in [0.5, 0.6) is 0 Å². The van der Waals surface area contributed by atoms with E-state index in [1.165, 1.54) is 0 Å². The van der Waals surface area contributed by atoms with E-state index in [9.17, 15) is 0 Å². The highest BCUT2D eigenvalue weighted by Gasteiger charge is 2.04. The van der Waals surface area contributed by atoms with Crippen molar-refractivity contribution in [3.8, 4) is 0 Å². The van der Waals surface area contributed by atoms with Crippen molar-refractivity contribution in [2.24, 2.45) is 0 Å². The highest BCUT2D eigenvalue weighted by atomic mass is 35.7. The van der Waals surface area contributed by atoms with Crippen LogP contribution >= 0.6 is 20.1 Å². The van der Waals surface area contributed by atoms with Gasteiger partial charge in [0.2, 0.25) is 0 Å². The lowest BCUT2D eigenvalue weighted by Crippen LogP contribution is -1.99. The maximum absolute atomic E-state index is 6.04. The summed E-state index contributed by atoms with van der Waals surface area (Å²) in [5, 5.41) is 0. The van der Waals surface area contributed by atoms with Gasteiger partial charge in [0, 0.05) is 5.69 Å². The molecule has 0 saturated carbocycles. The first kappa shape index (κ1) is 8.75. The fourth-order valence-corrected chi connectivity index (χ4v) is 1.75. The minimum atomic E-state index is -1.15. The summed E-state index contributed by atoms with van der Waals surface area (Å²) < 4.78 is 3.23. The molecular weight excluding hydrogens is 178 g/mol. The quantitative estimate of drug-likeness (QED) is 0.754. The highest BCUT2D eigenvalue weighted by Crippen LogP contribution is 2.44. The Labute approximate surface area is 73.7 Å². The average Bonchev–Trinajstić information content (AvgIpc) is 1.85. The molecule has 0 fully saturated rings. The molecule has 62 valence electrons. The van der Waals surface area contributed by atoms with Crippen molar-refractivity contribution < 1.29 is 0 Å². The van der Waals surface area contributed by atoms with Gasteiger partial charge in [0.25, 0.3) is 0 Å². The van der Waals surface area contributed by atoms with Crippen LogP contribution in [0.2, 0.25) is 0 Å². The first-order valence-electron chi connectivity index (χ1n) is 3.34. The van der Waals surface area contributed by atoms with Crippen molar-refractivity contribution in [2.45, 2.75) is 0 Å². The number of nitrogens with one attached hydrogen (secondary N) is 1. The Bertz CT molecular complexity index is 217. The van der Waals surface area contributed by atoms with E-state index in [-0.39, 0.29) is 0 Å². The topological polar surface area (TPSA) is 12.0 Å². The zero-order valence-corrected chi connectivity index (χ0v) is 8.25. The van der Waals surface area contributed by atoms with Crippen LogP contribution in [0.1, 0.15) is 0 Å². The van der Waals surface area contributed by atoms with Crippen LogP contribution in [0.4, 0.5) is 5.69 Å². The predicted molar refractivity (Wildman–Crippen MR) is 55.4 cm³/mol. The largest absolute Gasteiger partial charge is 0.336 e. The summed E-state index contributed by atoms with van der Waals surface area (Å²) in [4.78, 5) is 0. The fourth-order valence-electron chi connectivity index (χ4n) is 0.786. The van der Waals surface area contributed by atoms with Crippen molar-refractivity contribution in [3.63, 3.8) is 0 Å². The Morgan fingerprint density at radius 3 is 2.18 bits per heavy atom. The van der Waals surface area contributed by atoms with Crippen LogP contribution in [0.15, 0.2) is 30.3 Å². The molecule has 0 unspecified atom stereocenters. The van der Waals surface area contributed by atoms with Gasteiger partial charge in [-0.05, 0) is 35.3 Å². The van der Waals surface area contributed by atoms with Gasteiger partial charge in [0.15, 0.2) is 0 Å². The molecular formula is C8H12ClNS. The summed E-state index contributed by atoms with van der Waals surface area (Å²) in [6, 6.07) is 9.99. The molecule has 0 heterocycles. The lowest BCUT2D eigenvalue weighted by Gasteiger charge is -2.24. The molecule has 0 aliphatic rings. The van der Waals surface area contributed by atoms with E-state index in [0.717, 1.165) is 5.69 Å². The third kappa shape index (κ3) is 3.54. The Morgan fingerprint density at radius 1 is 1.18 bits per heavy atom. The zero-order valence-electron chi connectivity index (χ0n) is 6.67. The SMILES string of the molecule is CS(C)(Cl)Nc1ccccc1. The number of hydrogen-bond acceptors (Lipinski definition) is 1. The van der Waals surface area contributed by atoms with Gasteiger partial charge >= 0.3 is 0 Å². The van der Waals surface area contributed by atoms with Crippen LogP contribution in [0, 0.1) is 0 Å². The van der Waals surface area contributed by atoms with Gasteiger partial charge in [-0.1, -0.05) is 27.6 Å². The van der Waals surface area contributed by atoms with E-state index in [4.69, 9.17) is 10.7 Å². The lowest BCUT2D eigenvalue weighted by molar-refractivity contribution is 1.68. The third-order valence-corrected chi connectivity index (χ3v) is 2.09. The van der Waals surface area contributed by atoms with Crippen molar-refractivity contribution >= 4 is 25.8 Å². The highest BCUT2D eigenvalue weighted by molar-refractivity contribution is 8.51. The Morgan fingerprint density at radius 2 is 1.73 bits per heavy atom. The molecule has 1 aromatic carbocycles. The Kier molecular flexibility index (Phi) is 2.68. The maximum Gasteiger partial charge on any atom is 0.0435 e. The number of hydrogen-bond donors (Lipinski definition) is 1. The zero-order chi connectivity index (χ0) is 8.32. The molecule has 0 spiro atoms. The van der Waals surface area contributed by atoms with Crippen molar-refractivity contribution in [3.05, 3.63) is 30.3 Å². The van der Waals surface area contributed by atoms with Gasteiger partial charge in [0.1, 0.15) is 0 Å². The maximum atomic E-state index is 6.04. The molecule has 1 aromatic rings. The van der Waals surface area contributed by atoms with Crippen LogP contribution < -0.4 is 4.72 Å². The lowest BCUT2D eigenvalue weighted by atomic mass is 10.3. The smallest absolute Gasteiger partial charge is 0.0435 e. The monoisotopic (exact) mass is 189 g/mol. The van der Waals surface area contributed by atoms with Crippen molar-refractivity contribution in [2.75, 3.05) is 17.2 Å². The average molecular weight is 190 g/mol. The van der Waals surface area contributed by atoms with Gasteiger partial charge in [-0.15, -0.1) is 0 Å². The van der Waals surface area contributed by atoms with Crippen LogP contribution in [0.3, 0.4) is 0 Å². The molecule has 0 saturated heterocycles. The second-order valence-corrected chi connectivity index (χ2v) is 7.59. The van der Waals surface area contributed by atoms with Crippen LogP contribution in [0.25, 0.3) is 0 Å². The standard InChI is InChI=1S/C8H12ClNS/c1-11(2,9)10-8-6-4-3-5-7-8/h3-7,10H,1-2H3. The number of anilines is 1. The van der Waals surface area contributed by atoms with Crippen LogP contribution in [-0.2, 0) is 0 Å². The van der Waals surface area contributed by atoms with Gasteiger partial charge < -0.3 is 4.72 Å². The number of para-hydroxylation sites is 1. The Balaban J connectivity index is 2.66. The van der Waals surface area contributed by atoms with Crippen molar-refractivity contribution in [1.82, 2.24) is 0 Å². The van der Waals surface area contributed by atoms with E-state index >= 15 is 0 Å². The molecule has 3 heteroatoms. The van der Waals surface area contributed by atoms with E-state index in [2.05, 4.69) is 4.72 Å². The minimum Gasteiger partial charge on any atom is -0.336 e. The summed E-state index contributed by atoms with van der Waals surface area (Å²) in [5.41, 5.74) is 1.09. The minimum absolute atomic E-state index is 1.09. The summed E-state index contributed by atoms with van der Waals surface area (Å²) >= 11 is 0. The molecule has 1 nitrogen and oxygen atoms in total. The Hall–Kier alpha value is -0.340. The van der Waals surface area contributed by atoms with Gasteiger partial charge in [-0.25, -0.2) is 0 Å². The normalized spacial score (nSPS) is 12.6. The fraction of sp³-hybridized carbons (Fsp3) is 0.250. The molecule has 1 rings (SSSR count). The summed E-state index contributed by atoms with van der Waals surface area (Å²) in [5.74, 6) is 0.